The zero-order valence-electron chi connectivity index (χ0n) is 5.77. The minimum Gasteiger partial charge on any atom is -0.282 e. The molecule has 49 valence electrons. The van der Waals surface area contributed by atoms with Crippen molar-refractivity contribution in [3.63, 3.8) is 0 Å². The van der Waals surface area contributed by atoms with Gasteiger partial charge in [-0.15, -0.1) is 5.90 Å². The van der Waals surface area contributed by atoms with E-state index >= 15 is 0 Å². The first kappa shape index (κ1) is 7.92. The third-order valence-corrected chi connectivity index (χ3v) is 1.63. The van der Waals surface area contributed by atoms with Crippen molar-refractivity contribution in [2.24, 2.45) is 5.92 Å². The molecule has 0 aromatic rings. The third kappa shape index (κ3) is 2.28. The Kier molecular flexibility index (Phi) is 3.83. The highest BCUT2D eigenvalue weighted by atomic mass is 16.6. The maximum atomic E-state index is 6.54. The second kappa shape index (κ2) is 3.87. The maximum Gasteiger partial charge on any atom is 0.0804 e. The van der Waals surface area contributed by atoms with Crippen molar-refractivity contribution in [3.8, 4) is 0 Å². The summed E-state index contributed by atoms with van der Waals surface area (Å²) < 4.78 is 0. The summed E-state index contributed by atoms with van der Waals surface area (Å²) in [4.78, 5) is 4.35. The van der Waals surface area contributed by atoms with E-state index in [2.05, 4.69) is 18.7 Å². The van der Waals surface area contributed by atoms with Crippen molar-refractivity contribution >= 4 is 0 Å². The van der Waals surface area contributed by atoms with Gasteiger partial charge in [-0.25, -0.2) is 0 Å². The monoisotopic (exact) mass is 116 g/mol. The number of rotatable bonds is 3. The second-order valence-electron chi connectivity index (χ2n) is 2.21. The van der Waals surface area contributed by atoms with Crippen LogP contribution in [-0.4, -0.2) is 6.10 Å². The molecule has 0 saturated heterocycles. The van der Waals surface area contributed by atoms with E-state index in [1.165, 1.54) is 0 Å². The molecule has 0 aromatic heterocycles. The Morgan fingerprint density at radius 3 is 2.12 bits per heavy atom. The molecule has 0 saturated carbocycles. The lowest BCUT2D eigenvalue weighted by Gasteiger charge is -2.13. The summed E-state index contributed by atoms with van der Waals surface area (Å²) in [6.45, 7) is 6.10. The van der Waals surface area contributed by atoms with E-state index in [1.807, 2.05) is 6.92 Å². The molecule has 0 fully saturated rings. The highest BCUT2D eigenvalue weighted by molar-refractivity contribution is 4.56. The van der Waals surface area contributed by atoms with E-state index in [0.717, 1.165) is 6.42 Å². The lowest BCUT2D eigenvalue weighted by atomic mass is 10.0. The van der Waals surface area contributed by atoms with Crippen LogP contribution in [0.5, 0.6) is 0 Å². The molecule has 2 heteroatoms. The fourth-order valence-electron chi connectivity index (χ4n) is 0.448. The molecule has 0 heterocycles. The summed E-state index contributed by atoms with van der Waals surface area (Å²) in [5, 5.41) is 0. The van der Waals surface area contributed by atoms with Crippen molar-refractivity contribution < 1.29 is 4.84 Å². The van der Waals surface area contributed by atoms with Gasteiger partial charge in [-0.3, -0.25) is 4.84 Å². The molecule has 1 radical (unpaired) electrons. The Bertz CT molecular complexity index is 48.5. The molecule has 0 aliphatic rings. The smallest absolute Gasteiger partial charge is 0.0804 e. The zero-order chi connectivity index (χ0) is 6.57. The zero-order valence-corrected chi connectivity index (χ0v) is 5.77. The molecule has 0 aliphatic heterocycles. The summed E-state index contributed by atoms with van der Waals surface area (Å²) in [7, 11) is 0. The molecule has 0 amide bonds. The molecular formula is C6H14NO. The Morgan fingerprint density at radius 2 is 2.00 bits per heavy atom. The lowest BCUT2D eigenvalue weighted by molar-refractivity contribution is 0.0141. The fourth-order valence-corrected chi connectivity index (χ4v) is 0.448. The lowest BCUT2D eigenvalue weighted by Crippen LogP contribution is -2.15. The quantitative estimate of drug-likeness (QED) is 0.516. The molecule has 0 rings (SSSR count). The second-order valence-corrected chi connectivity index (χ2v) is 2.21. The first-order chi connectivity index (χ1) is 3.72. The van der Waals surface area contributed by atoms with E-state index in [-0.39, 0.29) is 6.10 Å². The van der Waals surface area contributed by atoms with Gasteiger partial charge in [-0.05, 0) is 12.8 Å². The van der Waals surface area contributed by atoms with Gasteiger partial charge in [-0.1, -0.05) is 20.3 Å². The van der Waals surface area contributed by atoms with Crippen LogP contribution in [0.1, 0.15) is 27.2 Å². The summed E-state index contributed by atoms with van der Waals surface area (Å²) in [6, 6.07) is 0. The summed E-state index contributed by atoms with van der Waals surface area (Å²) >= 11 is 0. The fraction of sp³-hybridized carbons (Fsp3) is 1.00. The van der Waals surface area contributed by atoms with Crippen molar-refractivity contribution in [1.82, 2.24) is 5.90 Å². The van der Waals surface area contributed by atoms with Gasteiger partial charge >= 0.3 is 0 Å². The average molecular weight is 116 g/mol. The SMILES string of the molecule is CCC(C)C(C)O[NH]. The van der Waals surface area contributed by atoms with Crippen molar-refractivity contribution in [2.75, 3.05) is 0 Å². The van der Waals surface area contributed by atoms with E-state index in [1.54, 1.807) is 0 Å². The molecule has 2 nitrogen and oxygen atoms in total. The standard InChI is InChI=1S/C6H14NO/c1-4-5(2)6(3)8-7/h5-7H,4H2,1-3H3. The Labute approximate surface area is 51.0 Å². The molecular weight excluding hydrogens is 102 g/mol. The van der Waals surface area contributed by atoms with Crippen LogP contribution >= 0.6 is 0 Å². The van der Waals surface area contributed by atoms with E-state index in [4.69, 9.17) is 5.90 Å². The molecule has 2 atom stereocenters. The Hall–Kier alpha value is -0.0800. The van der Waals surface area contributed by atoms with Gasteiger partial charge in [-0.2, -0.15) is 0 Å². The van der Waals surface area contributed by atoms with Crippen LogP contribution in [0.3, 0.4) is 0 Å². The van der Waals surface area contributed by atoms with Gasteiger partial charge in [0.25, 0.3) is 0 Å². The number of nitrogens with one attached hydrogen (secondary N) is 1. The molecule has 0 aliphatic carbocycles. The van der Waals surface area contributed by atoms with Gasteiger partial charge in [0.05, 0.1) is 6.10 Å². The summed E-state index contributed by atoms with van der Waals surface area (Å²) in [5.74, 6) is 7.05. The molecule has 2 unspecified atom stereocenters. The predicted molar refractivity (Wildman–Crippen MR) is 33.1 cm³/mol. The highest BCUT2D eigenvalue weighted by Crippen LogP contribution is 2.08. The van der Waals surface area contributed by atoms with Crippen molar-refractivity contribution in [2.45, 2.75) is 33.3 Å². The van der Waals surface area contributed by atoms with Gasteiger partial charge in [0.1, 0.15) is 0 Å². The summed E-state index contributed by atoms with van der Waals surface area (Å²) in [5.41, 5.74) is 0. The Morgan fingerprint density at radius 1 is 1.50 bits per heavy atom. The first-order valence-electron chi connectivity index (χ1n) is 3.04. The third-order valence-electron chi connectivity index (χ3n) is 1.63. The van der Waals surface area contributed by atoms with E-state index in [0.29, 0.717) is 5.92 Å². The molecule has 1 N–H and O–H groups in total. The van der Waals surface area contributed by atoms with Crippen molar-refractivity contribution in [3.05, 3.63) is 0 Å². The largest absolute Gasteiger partial charge is 0.282 e. The minimum absolute atomic E-state index is 0.0833. The molecule has 0 bridgehead atoms. The van der Waals surface area contributed by atoms with Gasteiger partial charge in [0.15, 0.2) is 0 Å². The van der Waals surface area contributed by atoms with E-state index in [9.17, 15) is 0 Å². The van der Waals surface area contributed by atoms with E-state index < -0.39 is 0 Å². The maximum absolute atomic E-state index is 6.54. The molecule has 0 aromatic carbocycles. The number of hydrogen-bond acceptors (Lipinski definition) is 1. The molecule has 0 spiro atoms. The van der Waals surface area contributed by atoms with Gasteiger partial charge < -0.3 is 0 Å². The first-order valence-corrected chi connectivity index (χ1v) is 3.04. The molecule has 8 heavy (non-hydrogen) atoms. The van der Waals surface area contributed by atoms with Gasteiger partial charge in [0.2, 0.25) is 0 Å². The van der Waals surface area contributed by atoms with Gasteiger partial charge in [0, 0.05) is 0 Å². The minimum atomic E-state index is 0.0833. The topological polar surface area (TPSA) is 33.0 Å². The van der Waals surface area contributed by atoms with Crippen LogP contribution in [0.4, 0.5) is 0 Å². The van der Waals surface area contributed by atoms with Crippen LogP contribution in [0.2, 0.25) is 0 Å². The highest BCUT2D eigenvalue weighted by Gasteiger charge is 2.07. The van der Waals surface area contributed by atoms with Crippen LogP contribution < -0.4 is 5.90 Å². The summed E-state index contributed by atoms with van der Waals surface area (Å²) in [6.07, 6.45) is 1.17. The van der Waals surface area contributed by atoms with Crippen molar-refractivity contribution in [1.29, 1.82) is 0 Å². The predicted octanol–water partition coefficient (Wildman–Crippen LogP) is 1.64. The number of hydrogen-bond donors (Lipinski definition) is 0. The average Bonchev–Trinajstić information content (AvgIpc) is 1.84. The van der Waals surface area contributed by atoms with Crippen LogP contribution in [0.15, 0.2) is 0 Å². The normalized spacial score (nSPS) is 18.0. The van der Waals surface area contributed by atoms with Crippen LogP contribution in [0.25, 0.3) is 0 Å². The van der Waals surface area contributed by atoms with Crippen LogP contribution in [-0.2, 0) is 4.84 Å². The Balaban J connectivity index is 3.29. The van der Waals surface area contributed by atoms with Crippen LogP contribution in [0, 0.1) is 5.92 Å².